The fourth-order valence-electron chi connectivity index (χ4n) is 1.60. The third-order valence-electron chi connectivity index (χ3n) is 2.57. The fourth-order valence-corrected chi connectivity index (χ4v) is 1.60. The van der Waals surface area contributed by atoms with Crippen molar-refractivity contribution in [1.82, 2.24) is 4.90 Å². The Labute approximate surface area is 98.2 Å². The molecule has 0 aliphatic heterocycles. The van der Waals surface area contributed by atoms with E-state index in [0.29, 0.717) is 13.2 Å². The summed E-state index contributed by atoms with van der Waals surface area (Å²) in [4.78, 5) is 2.17. The number of rotatable bonds is 6. The van der Waals surface area contributed by atoms with E-state index in [1.54, 1.807) is 0 Å². The normalized spacial score (nSPS) is 10.8. The van der Waals surface area contributed by atoms with Gasteiger partial charge in [-0.15, -0.1) is 0 Å². The molecular weight excluding hydrogens is 200 g/mol. The van der Waals surface area contributed by atoms with E-state index in [2.05, 4.69) is 37.9 Å². The fraction of sp³-hybridized carbons (Fsp3) is 0.538. The Morgan fingerprint density at radius 1 is 1.25 bits per heavy atom. The maximum atomic E-state index is 5.73. The van der Waals surface area contributed by atoms with E-state index in [-0.39, 0.29) is 0 Å². The lowest BCUT2D eigenvalue weighted by atomic mass is 10.1. The minimum atomic E-state index is 0.695. The highest BCUT2D eigenvalue weighted by molar-refractivity contribution is 5.35. The van der Waals surface area contributed by atoms with E-state index < -0.39 is 0 Å². The summed E-state index contributed by atoms with van der Waals surface area (Å²) in [5, 5.41) is 0. The smallest absolute Gasteiger partial charge is 0.122 e. The Bertz CT molecular complexity index is 326. The van der Waals surface area contributed by atoms with Gasteiger partial charge in [-0.3, -0.25) is 0 Å². The van der Waals surface area contributed by atoms with Gasteiger partial charge in [0.05, 0.1) is 0 Å². The first kappa shape index (κ1) is 13.0. The van der Waals surface area contributed by atoms with Gasteiger partial charge in [-0.25, -0.2) is 0 Å². The summed E-state index contributed by atoms with van der Waals surface area (Å²) in [5.74, 6) is 0.978. The second-order valence-corrected chi connectivity index (χ2v) is 4.21. The van der Waals surface area contributed by atoms with Gasteiger partial charge >= 0.3 is 0 Å². The molecule has 3 nitrogen and oxygen atoms in total. The molecular formula is C13H22N2O. The Kier molecular flexibility index (Phi) is 5.29. The molecule has 0 atom stereocenters. The highest BCUT2D eigenvalue weighted by Gasteiger charge is 2.01. The van der Waals surface area contributed by atoms with Crippen LogP contribution in [-0.4, -0.2) is 38.2 Å². The van der Waals surface area contributed by atoms with E-state index in [4.69, 9.17) is 10.5 Å². The zero-order valence-electron chi connectivity index (χ0n) is 10.5. The third-order valence-corrected chi connectivity index (χ3v) is 2.57. The summed E-state index contributed by atoms with van der Waals surface area (Å²) in [7, 11) is 2.05. The summed E-state index contributed by atoms with van der Waals surface area (Å²) in [5.41, 5.74) is 7.93. The average molecular weight is 222 g/mol. The summed E-state index contributed by atoms with van der Waals surface area (Å²) in [6, 6.07) is 6.25. The van der Waals surface area contributed by atoms with Gasteiger partial charge in [0.15, 0.2) is 0 Å². The van der Waals surface area contributed by atoms with Crippen molar-refractivity contribution in [3.63, 3.8) is 0 Å². The van der Waals surface area contributed by atoms with Gasteiger partial charge in [0.2, 0.25) is 0 Å². The molecule has 3 heteroatoms. The van der Waals surface area contributed by atoms with Gasteiger partial charge in [0, 0.05) is 19.6 Å². The molecule has 0 saturated heterocycles. The number of hydrogen-bond donors (Lipinski definition) is 1. The van der Waals surface area contributed by atoms with Crippen molar-refractivity contribution < 1.29 is 4.74 Å². The lowest BCUT2D eigenvalue weighted by molar-refractivity contribution is 0.240. The standard InChI is InChI=1S/C13H22N2O/c1-11-4-5-13(12(2)10-11)16-9-8-15(3)7-6-14/h4-5,10H,6-9,14H2,1-3H3. The third kappa shape index (κ3) is 4.21. The zero-order chi connectivity index (χ0) is 12.0. The molecule has 0 aromatic heterocycles. The summed E-state index contributed by atoms with van der Waals surface area (Å²) < 4.78 is 5.73. The van der Waals surface area contributed by atoms with Gasteiger partial charge in [-0.2, -0.15) is 0 Å². The lowest BCUT2D eigenvalue weighted by Gasteiger charge is -2.16. The average Bonchev–Trinajstić information content (AvgIpc) is 2.22. The minimum absolute atomic E-state index is 0.695. The Balaban J connectivity index is 2.37. The van der Waals surface area contributed by atoms with Crippen LogP contribution < -0.4 is 10.5 Å². The van der Waals surface area contributed by atoms with Crippen molar-refractivity contribution in [2.45, 2.75) is 13.8 Å². The Morgan fingerprint density at radius 2 is 2.00 bits per heavy atom. The van der Waals surface area contributed by atoms with Crippen LogP contribution in [-0.2, 0) is 0 Å². The van der Waals surface area contributed by atoms with Crippen LogP contribution >= 0.6 is 0 Å². The second-order valence-electron chi connectivity index (χ2n) is 4.21. The molecule has 0 saturated carbocycles. The van der Waals surface area contributed by atoms with Crippen molar-refractivity contribution in [1.29, 1.82) is 0 Å². The second kappa shape index (κ2) is 6.51. The Hall–Kier alpha value is -1.06. The molecule has 0 unspecified atom stereocenters. The predicted molar refractivity (Wildman–Crippen MR) is 68.0 cm³/mol. The number of nitrogens with two attached hydrogens (primary N) is 1. The molecule has 1 aromatic carbocycles. The first-order chi connectivity index (χ1) is 7.63. The monoisotopic (exact) mass is 222 g/mol. The maximum Gasteiger partial charge on any atom is 0.122 e. The highest BCUT2D eigenvalue weighted by atomic mass is 16.5. The van der Waals surface area contributed by atoms with E-state index >= 15 is 0 Å². The molecule has 0 fully saturated rings. The van der Waals surface area contributed by atoms with Crippen LogP contribution in [0.4, 0.5) is 0 Å². The number of ether oxygens (including phenoxy) is 1. The molecule has 2 N–H and O–H groups in total. The van der Waals surface area contributed by atoms with Crippen LogP contribution in [0.1, 0.15) is 11.1 Å². The van der Waals surface area contributed by atoms with Gasteiger partial charge in [-0.05, 0) is 32.5 Å². The minimum Gasteiger partial charge on any atom is -0.492 e. The molecule has 16 heavy (non-hydrogen) atoms. The van der Waals surface area contributed by atoms with Gasteiger partial charge in [-0.1, -0.05) is 17.7 Å². The van der Waals surface area contributed by atoms with Crippen LogP contribution in [0, 0.1) is 13.8 Å². The van der Waals surface area contributed by atoms with Crippen molar-refractivity contribution in [3.05, 3.63) is 29.3 Å². The molecule has 0 radical (unpaired) electrons. The molecule has 0 aliphatic rings. The largest absolute Gasteiger partial charge is 0.492 e. The quantitative estimate of drug-likeness (QED) is 0.794. The predicted octanol–water partition coefficient (Wildman–Crippen LogP) is 1.57. The van der Waals surface area contributed by atoms with E-state index in [9.17, 15) is 0 Å². The molecule has 0 bridgehead atoms. The Morgan fingerprint density at radius 3 is 2.62 bits per heavy atom. The number of nitrogens with zero attached hydrogens (tertiary/aromatic N) is 1. The molecule has 0 aliphatic carbocycles. The number of aryl methyl sites for hydroxylation is 2. The molecule has 0 spiro atoms. The van der Waals surface area contributed by atoms with Crippen molar-refractivity contribution in [2.24, 2.45) is 5.73 Å². The molecule has 0 amide bonds. The van der Waals surface area contributed by atoms with Crippen LogP contribution in [0.2, 0.25) is 0 Å². The summed E-state index contributed by atoms with van der Waals surface area (Å²) in [6.07, 6.45) is 0. The molecule has 0 heterocycles. The van der Waals surface area contributed by atoms with Crippen LogP contribution in [0.5, 0.6) is 5.75 Å². The lowest BCUT2D eigenvalue weighted by Crippen LogP contribution is -2.29. The molecule has 90 valence electrons. The number of likely N-dealkylation sites (N-methyl/N-ethyl adjacent to an activating group) is 1. The topological polar surface area (TPSA) is 38.5 Å². The first-order valence-electron chi connectivity index (χ1n) is 5.72. The van der Waals surface area contributed by atoms with Crippen molar-refractivity contribution >= 4 is 0 Å². The number of hydrogen-bond acceptors (Lipinski definition) is 3. The molecule has 1 aromatic rings. The van der Waals surface area contributed by atoms with Crippen molar-refractivity contribution in [3.8, 4) is 5.75 Å². The number of benzene rings is 1. The first-order valence-corrected chi connectivity index (χ1v) is 5.72. The highest BCUT2D eigenvalue weighted by Crippen LogP contribution is 2.18. The molecule has 1 rings (SSSR count). The van der Waals surface area contributed by atoms with E-state index in [1.807, 2.05) is 6.07 Å². The summed E-state index contributed by atoms with van der Waals surface area (Å²) >= 11 is 0. The zero-order valence-corrected chi connectivity index (χ0v) is 10.5. The summed E-state index contributed by atoms with van der Waals surface area (Å²) in [6.45, 7) is 7.39. The van der Waals surface area contributed by atoms with E-state index in [0.717, 1.165) is 18.8 Å². The van der Waals surface area contributed by atoms with Gasteiger partial charge in [0.1, 0.15) is 12.4 Å². The maximum absolute atomic E-state index is 5.73. The van der Waals surface area contributed by atoms with Crippen LogP contribution in [0.15, 0.2) is 18.2 Å². The van der Waals surface area contributed by atoms with Crippen molar-refractivity contribution in [2.75, 3.05) is 33.3 Å². The van der Waals surface area contributed by atoms with Crippen LogP contribution in [0.25, 0.3) is 0 Å². The SMILES string of the molecule is Cc1ccc(OCCN(C)CCN)c(C)c1. The van der Waals surface area contributed by atoms with Crippen LogP contribution in [0.3, 0.4) is 0 Å². The van der Waals surface area contributed by atoms with Gasteiger partial charge < -0.3 is 15.4 Å². The van der Waals surface area contributed by atoms with E-state index in [1.165, 1.54) is 11.1 Å². The van der Waals surface area contributed by atoms with Gasteiger partial charge in [0.25, 0.3) is 0 Å².